The van der Waals surface area contributed by atoms with Gasteiger partial charge in [0.05, 0.1) is 0 Å². The molecule has 0 nitrogen and oxygen atoms in total. The smallest absolute Gasteiger partial charge is 0 e. The Morgan fingerprint density at radius 2 is 1.25 bits per heavy atom. The molecular weight excluding hydrogens is 174 g/mol. The van der Waals surface area contributed by atoms with Gasteiger partial charge in [-0.2, -0.15) is 0 Å². The molecular formula is Cl2CuK. The van der Waals surface area contributed by atoms with Gasteiger partial charge in [0, 0.05) is 51.4 Å². The molecule has 0 saturated heterocycles. The molecule has 0 unspecified atom stereocenters. The van der Waals surface area contributed by atoms with Crippen molar-refractivity contribution in [3.05, 3.63) is 0 Å². The van der Waals surface area contributed by atoms with Crippen LogP contribution in [0.4, 0.5) is 0 Å². The molecule has 4 heteroatoms. The van der Waals surface area contributed by atoms with Crippen molar-refractivity contribution in [2.24, 2.45) is 0 Å². The molecule has 4 heavy (non-hydrogen) atoms. The zero-order valence-electron chi connectivity index (χ0n) is 2.06. The summed E-state index contributed by atoms with van der Waals surface area (Å²) in [6.07, 6.45) is 0. The molecule has 0 aliphatic rings. The van der Waals surface area contributed by atoms with Gasteiger partial charge in [0.15, 0.2) is 0 Å². The molecule has 0 aromatic carbocycles. The Morgan fingerprint density at radius 1 is 1.25 bits per heavy atom. The Hall–Kier alpha value is 2.74. The maximum absolute atomic E-state index is 4.67. The van der Waals surface area contributed by atoms with Gasteiger partial charge >= 0.3 is 33.3 Å². The van der Waals surface area contributed by atoms with Crippen LogP contribution in [0, 0.1) is 0 Å². The van der Waals surface area contributed by atoms with E-state index in [1.54, 1.807) is 0 Å². The van der Waals surface area contributed by atoms with Crippen LogP contribution in [0.2, 0.25) is 0 Å². The normalized spacial score (nSPS) is 5.50. The third kappa shape index (κ3) is 8.83. The van der Waals surface area contributed by atoms with E-state index in [1.165, 1.54) is 0 Å². The van der Waals surface area contributed by atoms with Gasteiger partial charge in [-0.25, -0.2) is 0 Å². The molecule has 0 spiro atoms. The van der Waals surface area contributed by atoms with Crippen molar-refractivity contribution in [1.82, 2.24) is 0 Å². The quantitative estimate of drug-likeness (QED) is 0.480. The fourth-order valence-electron chi connectivity index (χ4n) is 0. The van der Waals surface area contributed by atoms with Crippen LogP contribution in [-0.2, 0) is 13.1 Å². The predicted octanol–water partition coefficient (Wildman–Crippen LogP) is 0.996. The minimum Gasteiger partial charge on any atom is 0 e. The molecule has 0 aliphatic carbocycles. The second-order valence-corrected chi connectivity index (χ2v) is 1.60. The number of hydrogen-bond acceptors (Lipinski definition) is 0. The van der Waals surface area contributed by atoms with Crippen LogP contribution < -0.4 is 0 Å². The van der Waals surface area contributed by atoms with Gasteiger partial charge in [-0.15, -0.1) is 0 Å². The fraction of sp³-hybridized carbons (Fsp3) is 0. The molecule has 0 aliphatic heterocycles. The molecule has 26 valence electrons. The van der Waals surface area contributed by atoms with Crippen molar-refractivity contribution in [3.63, 3.8) is 0 Å². The number of hydrogen-bond donors (Lipinski definition) is 0. The minimum absolute atomic E-state index is 0. The zero-order chi connectivity index (χ0) is 2.71. The Bertz CT molecular complexity index is 6.00. The first-order valence-electron chi connectivity index (χ1n) is 0.228. The summed E-state index contributed by atoms with van der Waals surface area (Å²) in [5.41, 5.74) is 0. The minimum atomic E-state index is 0. The summed E-state index contributed by atoms with van der Waals surface area (Å²) in [7, 11) is 9.34. The molecule has 0 saturated carbocycles. The molecule has 0 fully saturated rings. The van der Waals surface area contributed by atoms with Crippen LogP contribution in [-0.4, -0.2) is 51.4 Å². The Balaban J connectivity index is 0. The monoisotopic (exact) mass is 172 g/mol. The van der Waals surface area contributed by atoms with E-state index in [0.717, 1.165) is 13.1 Å². The Morgan fingerprint density at radius 3 is 1.25 bits per heavy atom. The molecule has 0 heterocycles. The maximum atomic E-state index is 4.67. The summed E-state index contributed by atoms with van der Waals surface area (Å²) >= 11 is 0.757. The predicted molar refractivity (Wildman–Crippen MR) is 17.5 cm³/mol. The van der Waals surface area contributed by atoms with Crippen molar-refractivity contribution in [2.75, 3.05) is 0 Å². The van der Waals surface area contributed by atoms with Crippen molar-refractivity contribution in [2.45, 2.75) is 0 Å². The number of rotatable bonds is 0. The summed E-state index contributed by atoms with van der Waals surface area (Å²) in [6.45, 7) is 0. The summed E-state index contributed by atoms with van der Waals surface area (Å²) in [5, 5.41) is 0. The first-order chi connectivity index (χ1) is 1.41. The van der Waals surface area contributed by atoms with E-state index in [2.05, 4.69) is 20.2 Å². The summed E-state index contributed by atoms with van der Waals surface area (Å²) < 4.78 is 0. The Labute approximate surface area is 82.6 Å². The average molecular weight is 174 g/mol. The second-order valence-electron chi connectivity index (χ2n) is 0.0431. The van der Waals surface area contributed by atoms with Crippen molar-refractivity contribution < 1.29 is 13.1 Å². The van der Waals surface area contributed by atoms with E-state index in [-0.39, 0.29) is 51.4 Å². The summed E-state index contributed by atoms with van der Waals surface area (Å²) in [6, 6.07) is 0. The third-order valence-corrected chi connectivity index (χ3v) is 0. The summed E-state index contributed by atoms with van der Waals surface area (Å²) in [5.74, 6) is 0. The van der Waals surface area contributed by atoms with Gasteiger partial charge in [-0.05, 0) is 0 Å². The first kappa shape index (κ1) is 9.88. The largest absolute Gasteiger partial charge is 0 e. The van der Waals surface area contributed by atoms with Gasteiger partial charge in [-0.3, -0.25) is 0 Å². The van der Waals surface area contributed by atoms with Gasteiger partial charge < -0.3 is 0 Å². The van der Waals surface area contributed by atoms with Gasteiger partial charge in [0.2, 0.25) is 0 Å². The topological polar surface area (TPSA) is 0 Å². The van der Waals surface area contributed by atoms with Gasteiger partial charge in [0.25, 0.3) is 0 Å². The molecule has 1 radical (unpaired) electrons. The van der Waals surface area contributed by atoms with Crippen molar-refractivity contribution in [3.8, 4) is 0 Å². The van der Waals surface area contributed by atoms with E-state index >= 15 is 0 Å². The van der Waals surface area contributed by atoms with E-state index < -0.39 is 0 Å². The van der Waals surface area contributed by atoms with Crippen LogP contribution in [0.15, 0.2) is 0 Å². The van der Waals surface area contributed by atoms with Gasteiger partial charge in [-0.1, -0.05) is 0 Å². The average Bonchev–Trinajstić information content (AvgIpc) is 0.918. The van der Waals surface area contributed by atoms with Crippen molar-refractivity contribution in [1.29, 1.82) is 0 Å². The van der Waals surface area contributed by atoms with E-state index in [0.29, 0.717) is 0 Å². The van der Waals surface area contributed by atoms with Crippen LogP contribution >= 0.6 is 20.2 Å². The molecule has 0 amide bonds. The third-order valence-electron chi connectivity index (χ3n) is 0. The Kier molecular flexibility index (Phi) is 22.8. The molecule has 0 aromatic heterocycles. The zero-order valence-corrected chi connectivity index (χ0v) is 7.63. The number of halogens is 2. The van der Waals surface area contributed by atoms with Gasteiger partial charge in [0.1, 0.15) is 0 Å². The van der Waals surface area contributed by atoms with Crippen LogP contribution in [0.1, 0.15) is 0 Å². The van der Waals surface area contributed by atoms with E-state index in [4.69, 9.17) is 0 Å². The maximum Gasteiger partial charge on any atom is 0 e. The fourth-order valence-corrected chi connectivity index (χ4v) is 0. The van der Waals surface area contributed by atoms with E-state index in [9.17, 15) is 0 Å². The van der Waals surface area contributed by atoms with Crippen LogP contribution in [0.3, 0.4) is 0 Å². The van der Waals surface area contributed by atoms with Crippen LogP contribution in [0.25, 0.3) is 0 Å². The molecule has 0 aromatic rings. The van der Waals surface area contributed by atoms with Crippen LogP contribution in [0.5, 0.6) is 0 Å². The van der Waals surface area contributed by atoms with Crippen molar-refractivity contribution >= 4 is 71.6 Å². The first-order valence-corrected chi connectivity index (χ1v) is 2.82. The summed E-state index contributed by atoms with van der Waals surface area (Å²) in [4.78, 5) is 0. The molecule has 0 atom stereocenters. The molecule has 0 rings (SSSR count). The second kappa shape index (κ2) is 9.22. The molecule has 0 bridgehead atoms. The van der Waals surface area contributed by atoms with E-state index in [1.807, 2.05) is 0 Å². The SMILES string of the molecule is [Cl][Cu][Cl].[K]. The molecule has 0 N–H and O–H groups in total. The standard InChI is InChI=1S/2ClH.Cu.K/h2*1H;;/q;;+2;/p-2.